The highest BCUT2D eigenvalue weighted by Crippen LogP contribution is 2.16. The van der Waals surface area contributed by atoms with Gasteiger partial charge >= 0.3 is 0 Å². The first-order valence-electron chi connectivity index (χ1n) is 5.88. The van der Waals surface area contributed by atoms with Gasteiger partial charge in [0, 0.05) is 31.3 Å². The molecule has 0 amide bonds. The molecule has 0 saturated heterocycles. The molecule has 5 nitrogen and oxygen atoms in total. The standard InChI is InChI=1S/C12H17N5/c1-3-13-10(11-14-6-5-7-15-11)12-16-8-9-17(12)4-2/h5-10,13H,3-4H2,1-2H3. The van der Waals surface area contributed by atoms with Crippen LogP contribution in [0.4, 0.5) is 0 Å². The Kier molecular flexibility index (Phi) is 3.82. The Labute approximate surface area is 101 Å². The van der Waals surface area contributed by atoms with Gasteiger partial charge in [0.25, 0.3) is 0 Å². The van der Waals surface area contributed by atoms with E-state index in [4.69, 9.17) is 0 Å². The van der Waals surface area contributed by atoms with Crippen molar-refractivity contribution < 1.29 is 0 Å². The van der Waals surface area contributed by atoms with E-state index in [-0.39, 0.29) is 6.04 Å². The fourth-order valence-electron chi connectivity index (χ4n) is 1.81. The van der Waals surface area contributed by atoms with Gasteiger partial charge in [-0.1, -0.05) is 6.92 Å². The molecule has 0 spiro atoms. The molecule has 1 N–H and O–H groups in total. The zero-order valence-corrected chi connectivity index (χ0v) is 10.2. The highest BCUT2D eigenvalue weighted by molar-refractivity contribution is 5.11. The van der Waals surface area contributed by atoms with Crippen LogP contribution < -0.4 is 5.32 Å². The molecule has 0 bridgehead atoms. The fraction of sp³-hybridized carbons (Fsp3) is 0.417. The third-order valence-electron chi connectivity index (χ3n) is 2.60. The molecule has 1 atom stereocenters. The van der Waals surface area contributed by atoms with E-state index in [0.717, 1.165) is 24.7 Å². The molecule has 5 heteroatoms. The summed E-state index contributed by atoms with van der Waals surface area (Å²) in [5, 5.41) is 3.37. The second-order valence-electron chi connectivity index (χ2n) is 3.67. The largest absolute Gasteiger partial charge is 0.334 e. The molecular weight excluding hydrogens is 214 g/mol. The minimum absolute atomic E-state index is 0.0452. The number of aryl methyl sites for hydroxylation is 1. The molecule has 0 radical (unpaired) electrons. The maximum absolute atomic E-state index is 4.40. The Morgan fingerprint density at radius 3 is 2.59 bits per heavy atom. The summed E-state index contributed by atoms with van der Waals surface area (Å²) in [5.74, 6) is 1.72. The predicted molar refractivity (Wildman–Crippen MR) is 65.5 cm³/mol. The topological polar surface area (TPSA) is 55.6 Å². The van der Waals surface area contributed by atoms with Gasteiger partial charge in [0.2, 0.25) is 0 Å². The van der Waals surface area contributed by atoms with Crippen LogP contribution in [0.3, 0.4) is 0 Å². The lowest BCUT2D eigenvalue weighted by atomic mass is 10.2. The molecule has 2 aromatic rings. The summed E-state index contributed by atoms with van der Waals surface area (Å²) in [6.07, 6.45) is 7.30. The van der Waals surface area contributed by atoms with Gasteiger partial charge < -0.3 is 9.88 Å². The number of hydrogen-bond acceptors (Lipinski definition) is 4. The van der Waals surface area contributed by atoms with Gasteiger partial charge in [0.05, 0.1) is 0 Å². The molecule has 2 rings (SSSR count). The lowest BCUT2D eigenvalue weighted by molar-refractivity contribution is 0.536. The van der Waals surface area contributed by atoms with Gasteiger partial charge in [-0.05, 0) is 19.5 Å². The van der Waals surface area contributed by atoms with E-state index in [1.54, 1.807) is 12.4 Å². The van der Waals surface area contributed by atoms with Crippen LogP contribution in [-0.2, 0) is 6.54 Å². The van der Waals surface area contributed by atoms with E-state index in [9.17, 15) is 0 Å². The first kappa shape index (κ1) is 11.7. The zero-order chi connectivity index (χ0) is 12.1. The molecular formula is C12H17N5. The normalized spacial score (nSPS) is 12.6. The molecule has 2 aromatic heterocycles. The van der Waals surface area contributed by atoms with Crippen LogP contribution in [0.2, 0.25) is 0 Å². The average molecular weight is 231 g/mol. The smallest absolute Gasteiger partial charge is 0.152 e. The second-order valence-corrected chi connectivity index (χ2v) is 3.67. The molecule has 2 heterocycles. The summed E-state index contributed by atoms with van der Waals surface area (Å²) in [5.41, 5.74) is 0. The van der Waals surface area contributed by atoms with E-state index < -0.39 is 0 Å². The number of imidazole rings is 1. The quantitative estimate of drug-likeness (QED) is 0.845. The Hall–Kier alpha value is -1.75. The molecule has 90 valence electrons. The van der Waals surface area contributed by atoms with E-state index in [2.05, 4.69) is 38.7 Å². The van der Waals surface area contributed by atoms with Crippen molar-refractivity contribution in [1.29, 1.82) is 0 Å². The van der Waals surface area contributed by atoms with Crippen LogP contribution in [0.1, 0.15) is 31.5 Å². The first-order valence-corrected chi connectivity index (χ1v) is 5.88. The van der Waals surface area contributed by atoms with Crippen LogP contribution in [-0.4, -0.2) is 26.1 Å². The molecule has 0 aromatic carbocycles. The summed E-state index contributed by atoms with van der Waals surface area (Å²) in [6, 6.07) is 1.77. The van der Waals surface area contributed by atoms with E-state index in [1.807, 2.05) is 18.5 Å². The first-order chi connectivity index (χ1) is 8.36. The number of nitrogens with one attached hydrogen (secondary N) is 1. The Morgan fingerprint density at radius 1 is 1.18 bits per heavy atom. The van der Waals surface area contributed by atoms with Crippen molar-refractivity contribution in [3.8, 4) is 0 Å². The van der Waals surface area contributed by atoms with Gasteiger partial charge in [-0.15, -0.1) is 0 Å². The number of nitrogens with zero attached hydrogens (tertiary/aromatic N) is 4. The monoisotopic (exact) mass is 231 g/mol. The van der Waals surface area contributed by atoms with Gasteiger partial charge in [-0.3, -0.25) is 0 Å². The highest BCUT2D eigenvalue weighted by Gasteiger charge is 2.19. The van der Waals surface area contributed by atoms with Crippen molar-refractivity contribution >= 4 is 0 Å². The minimum atomic E-state index is -0.0452. The minimum Gasteiger partial charge on any atom is -0.334 e. The second kappa shape index (κ2) is 5.54. The van der Waals surface area contributed by atoms with Gasteiger partial charge in [0.15, 0.2) is 5.82 Å². The highest BCUT2D eigenvalue weighted by atomic mass is 15.1. The van der Waals surface area contributed by atoms with Crippen molar-refractivity contribution in [2.45, 2.75) is 26.4 Å². The number of rotatable bonds is 5. The Bertz CT molecular complexity index is 451. The molecule has 0 saturated carbocycles. The van der Waals surface area contributed by atoms with Gasteiger partial charge in [-0.2, -0.15) is 0 Å². The summed E-state index contributed by atoms with van der Waals surface area (Å²) in [4.78, 5) is 13.0. The van der Waals surface area contributed by atoms with Crippen molar-refractivity contribution in [2.24, 2.45) is 0 Å². The third kappa shape index (κ3) is 2.50. The Morgan fingerprint density at radius 2 is 1.94 bits per heavy atom. The van der Waals surface area contributed by atoms with E-state index in [1.165, 1.54) is 0 Å². The number of hydrogen-bond donors (Lipinski definition) is 1. The molecule has 1 unspecified atom stereocenters. The third-order valence-corrected chi connectivity index (χ3v) is 2.60. The summed E-state index contributed by atoms with van der Waals surface area (Å²) in [6.45, 7) is 5.90. The maximum Gasteiger partial charge on any atom is 0.152 e. The molecule has 0 aliphatic heterocycles. The van der Waals surface area contributed by atoms with Crippen LogP contribution >= 0.6 is 0 Å². The van der Waals surface area contributed by atoms with Gasteiger partial charge in [-0.25, -0.2) is 15.0 Å². The van der Waals surface area contributed by atoms with E-state index >= 15 is 0 Å². The Balaban J connectivity index is 2.36. The molecule has 0 fully saturated rings. The lowest BCUT2D eigenvalue weighted by Crippen LogP contribution is -2.26. The predicted octanol–water partition coefficient (Wildman–Crippen LogP) is 1.39. The van der Waals surface area contributed by atoms with E-state index in [0.29, 0.717) is 0 Å². The zero-order valence-electron chi connectivity index (χ0n) is 10.2. The van der Waals surface area contributed by atoms with Crippen LogP contribution in [0.25, 0.3) is 0 Å². The lowest BCUT2D eigenvalue weighted by Gasteiger charge is -2.16. The molecule has 17 heavy (non-hydrogen) atoms. The average Bonchev–Trinajstić information content (AvgIpc) is 2.85. The van der Waals surface area contributed by atoms with Crippen LogP contribution in [0.5, 0.6) is 0 Å². The summed E-state index contributed by atoms with van der Waals surface area (Å²) < 4.78 is 2.10. The van der Waals surface area contributed by atoms with Crippen molar-refractivity contribution in [3.63, 3.8) is 0 Å². The maximum atomic E-state index is 4.40. The molecule has 0 aliphatic carbocycles. The summed E-state index contributed by atoms with van der Waals surface area (Å²) >= 11 is 0. The van der Waals surface area contributed by atoms with Crippen molar-refractivity contribution in [1.82, 2.24) is 24.8 Å². The van der Waals surface area contributed by atoms with Crippen LogP contribution in [0, 0.1) is 0 Å². The van der Waals surface area contributed by atoms with Crippen LogP contribution in [0.15, 0.2) is 30.9 Å². The number of aromatic nitrogens is 4. The fourth-order valence-corrected chi connectivity index (χ4v) is 1.81. The van der Waals surface area contributed by atoms with Crippen molar-refractivity contribution in [3.05, 3.63) is 42.5 Å². The summed E-state index contributed by atoms with van der Waals surface area (Å²) in [7, 11) is 0. The molecule has 0 aliphatic rings. The SMILES string of the molecule is CCNC(c1ncccn1)c1nccn1CC. The van der Waals surface area contributed by atoms with Crippen molar-refractivity contribution in [2.75, 3.05) is 6.54 Å². The van der Waals surface area contributed by atoms with Gasteiger partial charge in [0.1, 0.15) is 11.9 Å².